The summed E-state index contributed by atoms with van der Waals surface area (Å²) in [5.41, 5.74) is -0.464. The van der Waals surface area contributed by atoms with Gasteiger partial charge in [0.1, 0.15) is 10.7 Å². The normalized spacial score (nSPS) is 11.8. The summed E-state index contributed by atoms with van der Waals surface area (Å²) in [5, 5.41) is 13.5. The molecular weight excluding hydrogens is 289 g/mol. The number of nitro benzene ring substituents is 1. The molecule has 0 bridgehead atoms. The first-order valence-corrected chi connectivity index (χ1v) is 7.29. The zero-order chi connectivity index (χ0) is 15.3. The Morgan fingerprint density at radius 1 is 1.45 bits per heavy atom. The van der Waals surface area contributed by atoms with Crippen LogP contribution in [0.5, 0.6) is 0 Å². The number of benzene rings is 1. The Bertz CT molecular complexity index is 591. The SMILES string of the molecule is CNCCCN(C)S(=O)(=O)c1cc([N+](=O)[O-])ccc1F. The molecule has 0 heterocycles. The van der Waals surface area contributed by atoms with Gasteiger partial charge in [0, 0.05) is 25.7 Å². The average Bonchev–Trinajstić information content (AvgIpc) is 2.38. The van der Waals surface area contributed by atoms with E-state index >= 15 is 0 Å². The van der Waals surface area contributed by atoms with Gasteiger partial charge in [-0.1, -0.05) is 0 Å². The maximum absolute atomic E-state index is 13.6. The predicted molar refractivity (Wildman–Crippen MR) is 71.4 cm³/mol. The lowest BCUT2D eigenvalue weighted by Gasteiger charge is -2.17. The van der Waals surface area contributed by atoms with Gasteiger partial charge in [0.2, 0.25) is 10.0 Å². The van der Waals surface area contributed by atoms with Crippen molar-refractivity contribution in [1.82, 2.24) is 9.62 Å². The van der Waals surface area contributed by atoms with E-state index in [1.807, 2.05) is 0 Å². The Labute approximate surface area is 116 Å². The Kier molecular flexibility index (Phi) is 5.54. The lowest BCUT2D eigenvalue weighted by molar-refractivity contribution is -0.385. The second-order valence-electron chi connectivity index (χ2n) is 4.16. The van der Waals surface area contributed by atoms with Gasteiger partial charge in [0.05, 0.1) is 4.92 Å². The average molecular weight is 305 g/mol. The minimum Gasteiger partial charge on any atom is -0.320 e. The molecular formula is C11H16FN3O4S. The molecule has 7 nitrogen and oxygen atoms in total. The predicted octanol–water partition coefficient (Wildman–Crippen LogP) is 0.964. The third-order valence-corrected chi connectivity index (χ3v) is 4.59. The zero-order valence-electron chi connectivity index (χ0n) is 11.2. The van der Waals surface area contributed by atoms with E-state index in [0.717, 1.165) is 22.5 Å². The van der Waals surface area contributed by atoms with E-state index in [9.17, 15) is 22.9 Å². The number of nitrogens with zero attached hydrogens (tertiary/aromatic N) is 2. The molecule has 0 atom stereocenters. The maximum Gasteiger partial charge on any atom is 0.270 e. The minimum atomic E-state index is -4.08. The molecule has 0 saturated heterocycles. The van der Waals surface area contributed by atoms with Crippen molar-refractivity contribution < 1.29 is 17.7 Å². The van der Waals surface area contributed by atoms with Gasteiger partial charge in [-0.15, -0.1) is 0 Å². The zero-order valence-corrected chi connectivity index (χ0v) is 12.0. The van der Waals surface area contributed by atoms with Crippen LogP contribution in [0, 0.1) is 15.9 Å². The fourth-order valence-electron chi connectivity index (χ4n) is 1.57. The van der Waals surface area contributed by atoms with Gasteiger partial charge in [-0.3, -0.25) is 10.1 Å². The second kappa shape index (κ2) is 6.73. The van der Waals surface area contributed by atoms with Gasteiger partial charge >= 0.3 is 0 Å². The van der Waals surface area contributed by atoms with Crippen LogP contribution in [0.1, 0.15) is 6.42 Å². The number of hydrogen-bond donors (Lipinski definition) is 1. The van der Waals surface area contributed by atoms with Crippen LogP contribution in [0.15, 0.2) is 23.1 Å². The molecule has 1 N–H and O–H groups in total. The molecule has 0 aliphatic rings. The third-order valence-electron chi connectivity index (χ3n) is 2.71. The summed E-state index contributed by atoms with van der Waals surface area (Å²) < 4.78 is 38.9. The summed E-state index contributed by atoms with van der Waals surface area (Å²) in [6, 6.07) is 2.45. The number of nitrogens with one attached hydrogen (secondary N) is 1. The lowest BCUT2D eigenvalue weighted by atomic mass is 10.3. The minimum absolute atomic E-state index is 0.186. The van der Waals surface area contributed by atoms with Crippen LogP contribution in [0.3, 0.4) is 0 Å². The van der Waals surface area contributed by atoms with E-state index in [-0.39, 0.29) is 6.54 Å². The molecule has 0 aromatic heterocycles. The Balaban J connectivity index is 3.08. The first-order valence-electron chi connectivity index (χ1n) is 5.85. The van der Waals surface area contributed by atoms with Crippen LogP contribution in [-0.4, -0.2) is 44.8 Å². The molecule has 20 heavy (non-hydrogen) atoms. The largest absolute Gasteiger partial charge is 0.320 e. The molecule has 0 spiro atoms. The number of halogens is 1. The topological polar surface area (TPSA) is 92.6 Å². The second-order valence-corrected chi connectivity index (χ2v) is 6.17. The molecule has 1 rings (SSSR count). The van der Waals surface area contributed by atoms with Gasteiger partial charge in [-0.25, -0.2) is 17.1 Å². The molecule has 1 aromatic carbocycles. The highest BCUT2D eigenvalue weighted by atomic mass is 32.2. The first kappa shape index (κ1) is 16.5. The molecule has 0 saturated carbocycles. The van der Waals surface area contributed by atoms with Crippen molar-refractivity contribution in [2.24, 2.45) is 0 Å². The number of hydrogen-bond acceptors (Lipinski definition) is 5. The Hall–Kier alpha value is -1.58. The van der Waals surface area contributed by atoms with Crippen LogP contribution >= 0.6 is 0 Å². The van der Waals surface area contributed by atoms with E-state index in [2.05, 4.69) is 5.32 Å². The Morgan fingerprint density at radius 3 is 2.65 bits per heavy atom. The van der Waals surface area contributed by atoms with Crippen molar-refractivity contribution in [2.75, 3.05) is 27.2 Å². The summed E-state index contributed by atoms with van der Waals surface area (Å²) in [7, 11) is -1.04. The summed E-state index contributed by atoms with van der Waals surface area (Å²) in [6.07, 6.45) is 0.544. The molecule has 9 heteroatoms. The third kappa shape index (κ3) is 3.71. The molecule has 0 amide bonds. The number of nitro groups is 1. The van der Waals surface area contributed by atoms with Gasteiger partial charge in [0.15, 0.2) is 0 Å². The van der Waals surface area contributed by atoms with Crippen molar-refractivity contribution in [1.29, 1.82) is 0 Å². The molecule has 0 aliphatic carbocycles. The van der Waals surface area contributed by atoms with E-state index in [1.54, 1.807) is 7.05 Å². The fraction of sp³-hybridized carbons (Fsp3) is 0.455. The first-order chi connectivity index (χ1) is 9.30. The standard InChI is InChI=1S/C11H16FN3O4S/c1-13-6-3-7-14(2)20(18,19)11-8-9(15(16)17)4-5-10(11)12/h4-5,8,13H,3,6-7H2,1-2H3. The van der Waals surface area contributed by atoms with E-state index in [4.69, 9.17) is 0 Å². The molecule has 0 radical (unpaired) electrons. The molecule has 0 unspecified atom stereocenters. The van der Waals surface area contributed by atoms with Gasteiger partial charge in [0.25, 0.3) is 5.69 Å². The fourth-order valence-corrected chi connectivity index (χ4v) is 2.86. The smallest absolute Gasteiger partial charge is 0.270 e. The van der Waals surface area contributed by atoms with Crippen molar-refractivity contribution in [3.05, 3.63) is 34.1 Å². The monoisotopic (exact) mass is 305 g/mol. The van der Waals surface area contributed by atoms with Crippen LogP contribution < -0.4 is 5.32 Å². The molecule has 1 aromatic rings. The molecule has 0 aliphatic heterocycles. The highest BCUT2D eigenvalue weighted by molar-refractivity contribution is 7.89. The van der Waals surface area contributed by atoms with E-state index in [0.29, 0.717) is 13.0 Å². The summed E-state index contributed by atoms with van der Waals surface area (Å²) >= 11 is 0. The lowest BCUT2D eigenvalue weighted by Crippen LogP contribution is -2.30. The van der Waals surface area contributed by atoms with E-state index in [1.165, 1.54) is 7.05 Å². The van der Waals surface area contributed by atoms with Crippen molar-refractivity contribution in [3.63, 3.8) is 0 Å². The number of rotatable bonds is 7. The Morgan fingerprint density at radius 2 is 2.10 bits per heavy atom. The van der Waals surface area contributed by atoms with Gasteiger partial charge in [-0.2, -0.15) is 0 Å². The number of non-ortho nitro benzene ring substituents is 1. The molecule has 0 fully saturated rings. The summed E-state index contributed by atoms with van der Waals surface area (Å²) in [4.78, 5) is 9.19. The highest BCUT2D eigenvalue weighted by Gasteiger charge is 2.26. The summed E-state index contributed by atoms with van der Waals surface area (Å²) in [5.74, 6) is -1.00. The van der Waals surface area contributed by atoms with Crippen molar-refractivity contribution in [2.45, 2.75) is 11.3 Å². The van der Waals surface area contributed by atoms with Crippen LogP contribution in [0.2, 0.25) is 0 Å². The number of sulfonamides is 1. The summed E-state index contributed by atoms with van der Waals surface area (Å²) in [6.45, 7) is 0.794. The van der Waals surface area contributed by atoms with Crippen molar-refractivity contribution in [3.8, 4) is 0 Å². The van der Waals surface area contributed by atoms with Crippen LogP contribution in [0.25, 0.3) is 0 Å². The van der Waals surface area contributed by atoms with Gasteiger partial charge < -0.3 is 5.32 Å². The van der Waals surface area contributed by atoms with Crippen molar-refractivity contribution >= 4 is 15.7 Å². The quantitative estimate of drug-likeness (QED) is 0.460. The maximum atomic E-state index is 13.6. The van der Waals surface area contributed by atoms with Gasteiger partial charge in [-0.05, 0) is 26.1 Å². The van der Waals surface area contributed by atoms with E-state index < -0.39 is 31.3 Å². The van der Waals surface area contributed by atoms with Crippen LogP contribution in [-0.2, 0) is 10.0 Å². The highest BCUT2D eigenvalue weighted by Crippen LogP contribution is 2.23. The van der Waals surface area contributed by atoms with Crippen LogP contribution in [0.4, 0.5) is 10.1 Å². The molecule has 112 valence electrons.